The number of ether oxygens (including phenoxy) is 2. The highest BCUT2D eigenvalue weighted by molar-refractivity contribution is 6.09. The highest BCUT2D eigenvalue weighted by Gasteiger charge is 2.32. The number of rotatable bonds is 2. The van der Waals surface area contributed by atoms with Crippen molar-refractivity contribution < 1.29 is 19.4 Å². The molecule has 0 unspecified atom stereocenters. The number of carbonyl (C=O) groups excluding carboxylic acids is 1. The van der Waals surface area contributed by atoms with Crippen LogP contribution in [0.15, 0.2) is 66.9 Å². The summed E-state index contributed by atoms with van der Waals surface area (Å²) in [5, 5.41) is 11.5. The van der Waals surface area contributed by atoms with Crippen molar-refractivity contribution in [2.75, 3.05) is 7.11 Å². The van der Waals surface area contributed by atoms with Gasteiger partial charge in [-0.05, 0) is 23.8 Å². The highest BCUT2D eigenvalue weighted by Crippen LogP contribution is 2.49. The van der Waals surface area contributed by atoms with E-state index >= 15 is 0 Å². The van der Waals surface area contributed by atoms with E-state index in [1.54, 1.807) is 6.07 Å². The normalized spacial score (nSPS) is 14.8. The fourth-order valence-corrected chi connectivity index (χ4v) is 4.19. The summed E-state index contributed by atoms with van der Waals surface area (Å²) in [6.07, 6.45) is 1.62. The minimum Gasteiger partial charge on any atom is -0.507 e. The Balaban J connectivity index is 1.91. The molecule has 1 N–H and O–H groups in total. The van der Waals surface area contributed by atoms with Gasteiger partial charge in [-0.2, -0.15) is 0 Å². The molecule has 0 radical (unpaired) electrons. The van der Waals surface area contributed by atoms with Gasteiger partial charge in [0.05, 0.1) is 7.11 Å². The molecule has 5 nitrogen and oxygen atoms in total. The quantitative estimate of drug-likeness (QED) is 0.503. The Labute approximate surface area is 167 Å². The van der Waals surface area contributed by atoms with Crippen LogP contribution in [0.5, 0.6) is 11.5 Å². The average Bonchev–Trinajstić information content (AvgIpc) is 3.01. The number of methoxy groups -OCH3 is 1. The molecule has 0 bridgehead atoms. The summed E-state index contributed by atoms with van der Waals surface area (Å²) < 4.78 is 13.5. The predicted molar refractivity (Wildman–Crippen MR) is 110 cm³/mol. The molecule has 4 aromatic rings. The fourth-order valence-electron chi connectivity index (χ4n) is 4.19. The Morgan fingerprint density at radius 3 is 2.62 bits per heavy atom. The number of hydrogen-bond donors (Lipinski definition) is 1. The van der Waals surface area contributed by atoms with Crippen molar-refractivity contribution in [2.24, 2.45) is 7.05 Å². The van der Waals surface area contributed by atoms with Crippen molar-refractivity contribution in [3.63, 3.8) is 0 Å². The molecule has 0 saturated carbocycles. The number of aromatic nitrogens is 1. The average molecular weight is 385 g/mol. The van der Waals surface area contributed by atoms with Crippen LogP contribution in [0.25, 0.3) is 22.0 Å². The van der Waals surface area contributed by atoms with Gasteiger partial charge in [-0.3, -0.25) is 0 Å². The molecule has 144 valence electrons. The maximum atomic E-state index is 12.6. The lowest BCUT2D eigenvalue weighted by atomic mass is 9.93. The van der Waals surface area contributed by atoms with E-state index in [0.29, 0.717) is 11.3 Å². The highest BCUT2D eigenvalue weighted by atomic mass is 16.5. The molecule has 0 fully saturated rings. The summed E-state index contributed by atoms with van der Waals surface area (Å²) in [7, 11) is 3.27. The van der Waals surface area contributed by atoms with Gasteiger partial charge in [0.1, 0.15) is 23.2 Å². The summed E-state index contributed by atoms with van der Waals surface area (Å²) in [4.78, 5) is 12.6. The van der Waals surface area contributed by atoms with Crippen molar-refractivity contribution in [2.45, 2.75) is 6.10 Å². The molecule has 5 heteroatoms. The Kier molecular flexibility index (Phi) is 3.84. The largest absolute Gasteiger partial charge is 0.507 e. The van der Waals surface area contributed by atoms with E-state index in [4.69, 9.17) is 9.47 Å². The number of fused-ring (bicyclic) bond motifs is 2. The first-order chi connectivity index (χ1) is 14.1. The number of benzene rings is 3. The maximum Gasteiger partial charge on any atom is 0.342 e. The van der Waals surface area contributed by atoms with Crippen LogP contribution in [0.1, 0.15) is 27.6 Å². The van der Waals surface area contributed by atoms with Gasteiger partial charge in [-0.1, -0.05) is 42.5 Å². The maximum absolute atomic E-state index is 12.6. The van der Waals surface area contributed by atoms with E-state index in [1.807, 2.05) is 66.3 Å². The minimum absolute atomic E-state index is 0.112. The summed E-state index contributed by atoms with van der Waals surface area (Å²) in [6.45, 7) is 0. The van der Waals surface area contributed by atoms with Crippen LogP contribution in [0.2, 0.25) is 0 Å². The lowest BCUT2D eigenvalue weighted by Gasteiger charge is -2.21. The summed E-state index contributed by atoms with van der Waals surface area (Å²) >= 11 is 0. The van der Waals surface area contributed by atoms with Crippen LogP contribution >= 0.6 is 0 Å². The van der Waals surface area contributed by atoms with E-state index < -0.39 is 5.97 Å². The molecule has 1 atom stereocenters. The Bertz CT molecular complexity index is 1260. The molecule has 1 aliphatic heterocycles. The molecule has 29 heavy (non-hydrogen) atoms. The number of aryl methyl sites for hydroxylation is 1. The molecule has 3 aromatic carbocycles. The number of phenols is 1. The molecular weight excluding hydrogens is 366 g/mol. The van der Waals surface area contributed by atoms with Crippen LogP contribution in [0.4, 0.5) is 0 Å². The standard InChI is InChI=1S/C24H19NO4/c1-25-13-16-20-15(9-6-10-17(20)25)23(14-7-4-3-5-8-14)29-19-12-11-18(26)22(21(16)19)24(27)28-2/h3-13,23,26H,1-2H3/t23-/m1/s1. The van der Waals surface area contributed by atoms with Crippen molar-refractivity contribution in [1.29, 1.82) is 0 Å². The van der Waals surface area contributed by atoms with Crippen LogP contribution in [0.3, 0.4) is 0 Å². The van der Waals surface area contributed by atoms with Crippen LogP contribution in [-0.4, -0.2) is 22.8 Å². The molecule has 5 rings (SSSR count). The fraction of sp³-hybridized carbons (Fsp3) is 0.125. The Morgan fingerprint density at radius 1 is 1.07 bits per heavy atom. The van der Waals surface area contributed by atoms with Crippen LogP contribution in [0, 0.1) is 0 Å². The molecule has 0 spiro atoms. The van der Waals surface area contributed by atoms with Crippen molar-refractivity contribution >= 4 is 16.9 Å². The van der Waals surface area contributed by atoms with E-state index in [-0.39, 0.29) is 17.4 Å². The third-order valence-electron chi connectivity index (χ3n) is 5.48. The van der Waals surface area contributed by atoms with Gasteiger partial charge in [0.2, 0.25) is 0 Å². The summed E-state index contributed by atoms with van der Waals surface area (Å²) in [5.41, 5.74) is 4.54. The number of esters is 1. The molecule has 1 aromatic heterocycles. The van der Waals surface area contributed by atoms with Crippen LogP contribution in [-0.2, 0) is 11.8 Å². The monoisotopic (exact) mass is 385 g/mol. The molecule has 0 aliphatic carbocycles. The van der Waals surface area contributed by atoms with Crippen molar-refractivity contribution in [1.82, 2.24) is 4.57 Å². The van der Waals surface area contributed by atoms with Gasteiger partial charge in [-0.25, -0.2) is 4.79 Å². The number of phenolic OH excluding ortho intramolecular Hbond substituents is 1. The SMILES string of the molecule is COC(=O)c1c(O)ccc2c1-c1cn(C)c3cccc(c13)[C@@H](c1ccccc1)O2. The summed E-state index contributed by atoms with van der Waals surface area (Å²) in [6, 6.07) is 19.3. The van der Waals surface area contributed by atoms with Crippen molar-refractivity contribution in [3.8, 4) is 22.6 Å². The van der Waals surface area contributed by atoms with E-state index in [2.05, 4.69) is 0 Å². The predicted octanol–water partition coefficient (Wildman–Crippen LogP) is 4.82. The van der Waals surface area contributed by atoms with Crippen molar-refractivity contribution in [3.05, 3.63) is 83.6 Å². The second-order valence-electron chi connectivity index (χ2n) is 7.13. The molecule has 0 saturated heterocycles. The number of carbonyl (C=O) groups is 1. The zero-order chi connectivity index (χ0) is 20.1. The van der Waals surface area contributed by atoms with E-state index in [0.717, 1.165) is 27.6 Å². The molecular formula is C24H19NO4. The van der Waals surface area contributed by atoms with Gasteiger partial charge >= 0.3 is 5.97 Å². The first-order valence-electron chi connectivity index (χ1n) is 9.34. The van der Waals surface area contributed by atoms with E-state index in [9.17, 15) is 9.90 Å². The molecule has 1 aliphatic rings. The van der Waals surface area contributed by atoms with Gasteiger partial charge < -0.3 is 19.1 Å². The third-order valence-corrected chi connectivity index (χ3v) is 5.48. The number of nitrogens with zero attached hydrogens (tertiary/aromatic N) is 1. The first kappa shape index (κ1) is 17.4. The Morgan fingerprint density at radius 2 is 1.86 bits per heavy atom. The lowest BCUT2D eigenvalue weighted by molar-refractivity contribution is 0.0598. The number of aromatic hydroxyl groups is 1. The topological polar surface area (TPSA) is 60.7 Å². The Hall–Kier alpha value is -3.73. The zero-order valence-electron chi connectivity index (χ0n) is 16.0. The smallest absolute Gasteiger partial charge is 0.342 e. The lowest BCUT2D eigenvalue weighted by Crippen LogP contribution is -2.10. The third kappa shape index (κ3) is 2.51. The van der Waals surface area contributed by atoms with Gasteiger partial charge in [0.25, 0.3) is 0 Å². The van der Waals surface area contributed by atoms with Gasteiger partial charge in [0.15, 0.2) is 0 Å². The van der Waals surface area contributed by atoms with Gasteiger partial charge in [-0.15, -0.1) is 0 Å². The second-order valence-corrected chi connectivity index (χ2v) is 7.13. The molecule has 2 heterocycles. The molecule has 0 amide bonds. The number of hydrogen-bond acceptors (Lipinski definition) is 4. The van der Waals surface area contributed by atoms with E-state index in [1.165, 1.54) is 13.2 Å². The van der Waals surface area contributed by atoms with Crippen LogP contribution < -0.4 is 4.74 Å². The summed E-state index contributed by atoms with van der Waals surface area (Å²) in [5.74, 6) is -0.205. The van der Waals surface area contributed by atoms with Gasteiger partial charge in [0, 0.05) is 40.8 Å². The zero-order valence-corrected chi connectivity index (χ0v) is 16.0. The second kappa shape index (κ2) is 6.41. The first-order valence-corrected chi connectivity index (χ1v) is 9.34. The minimum atomic E-state index is -0.601.